The Labute approximate surface area is 64.5 Å². The molecule has 1 nitrogen and oxygen atoms in total. The van der Waals surface area contributed by atoms with Crippen LogP contribution in [-0.4, -0.2) is 8.32 Å². The zero-order valence-electron chi connectivity index (χ0n) is 7.05. The molecule has 0 rings (SSSR count). The van der Waals surface area contributed by atoms with Crippen LogP contribution in [0.15, 0.2) is 25.0 Å². The lowest BCUT2D eigenvalue weighted by Crippen LogP contribution is -2.26. The first-order valence-corrected chi connectivity index (χ1v) is 6.69. The van der Waals surface area contributed by atoms with E-state index in [0.29, 0.717) is 0 Å². The summed E-state index contributed by atoms with van der Waals surface area (Å²) in [7, 11) is -1.35. The van der Waals surface area contributed by atoms with Gasteiger partial charge in [-0.15, -0.1) is 0 Å². The van der Waals surface area contributed by atoms with Crippen LogP contribution in [0.5, 0.6) is 0 Å². The van der Waals surface area contributed by atoms with Crippen molar-refractivity contribution in [2.24, 2.45) is 0 Å². The minimum atomic E-state index is -1.35. The molecule has 0 N–H and O–H groups in total. The maximum Gasteiger partial charge on any atom is 0.244 e. The molecular weight excluding hydrogens is 140 g/mol. The molecule has 0 aromatic heterocycles. The lowest BCUT2D eigenvalue weighted by Gasteiger charge is -2.18. The molecule has 0 bridgehead atoms. The third-order valence-electron chi connectivity index (χ3n) is 1.45. The lowest BCUT2D eigenvalue weighted by atomic mass is 10.6. The molecule has 0 aliphatic rings. The Bertz CT molecular complexity index is 127. The van der Waals surface area contributed by atoms with E-state index in [-0.39, 0.29) is 0 Å². The third kappa shape index (κ3) is 4.38. The molecule has 58 valence electrons. The Morgan fingerprint density at radius 2 is 2.10 bits per heavy atom. The van der Waals surface area contributed by atoms with Gasteiger partial charge in [-0.3, -0.25) is 0 Å². The summed E-state index contributed by atoms with van der Waals surface area (Å²) in [6, 6.07) is 1.15. The van der Waals surface area contributed by atoms with Crippen LogP contribution in [0.1, 0.15) is 6.92 Å². The van der Waals surface area contributed by atoms with Crippen molar-refractivity contribution in [2.75, 3.05) is 0 Å². The quantitative estimate of drug-likeness (QED) is 0.345. The highest BCUT2D eigenvalue weighted by atomic mass is 28.4. The summed E-state index contributed by atoms with van der Waals surface area (Å²) in [4.78, 5) is 0. The van der Waals surface area contributed by atoms with Gasteiger partial charge in [-0.1, -0.05) is 19.6 Å². The van der Waals surface area contributed by atoms with Crippen molar-refractivity contribution in [3.63, 3.8) is 0 Å². The van der Waals surface area contributed by atoms with Crippen LogP contribution < -0.4 is 0 Å². The van der Waals surface area contributed by atoms with Gasteiger partial charge in [0.1, 0.15) is 0 Å². The Morgan fingerprint density at radius 3 is 2.50 bits per heavy atom. The van der Waals surface area contributed by atoms with Crippen LogP contribution in [-0.2, 0) is 4.43 Å². The highest BCUT2D eigenvalue weighted by Gasteiger charge is 2.18. The second kappa shape index (κ2) is 4.33. The van der Waals surface area contributed by atoms with Gasteiger partial charge in [-0.25, -0.2) is 0 Å². The smallest absolute Gasteiger partial charge is 0.244 e. The predicted molar refractivity (Wildman–Crippen MR) is 48.4 cm³/mol. The lowest BCUT2D eigenvalue weighted by molar-refractivity contribution is 0.473. The summed E-state index contributed by atoms with van der Waals surface area (Å²) in [5.74, 6) is 0. The maximum absolute atomic E-state index is 5.51. The zero-order valence-corrected chi connectivity index (χ0v) is 8.05. The van der Waals surface area contributed by atoms with Crippen molar-refractivity contribution in [1.82, 2.24) is 0 Å². The van der Waals surface area contributed by atoms with Gasteiger partial charge in [0.25, 0.3) is 0 Å². The van der Waals surface area contributed by atoms with E-state index >= 15 is 0 Å². The van der Waals surface area contributed by atoms with Crippen molar-refractivity contribution in [3.8, 4) is 0 Å². The molecule has 0 aromatic rings. The molecule has 0 spiro atoms. The average molecular weight is 156 g/mol. The second-order valence-corrected chi connectivity index (χ2v) is 7.26. The second-order valence-electron chi connectivity index (χ2n) is 2.80. The topological polar surface area (TPSA) is 9.23 Å². The minimum Gasteiger partial charge on any atom is -0.549 e. The molecule has 10 heavy (non-hydrogen) atoms. The maximum atomic E-state index is 5.51. The molecule has 0 unspecified atom stereocenters. The fourth-order valence-corrected chi connectivity index (χ4v) is 0.976. The predicted octanol–water partition coefficient (Wildman–Crippen LogP) is 2.93. The van der Waals surface area contributed by atoms with Gasteiger partial charge < -0.3 is 4.43 Å². The Balaban J connectivity index is 3.66. The summed E-state index contributed by atoms with van der Waals surface area (Å²) < 4.78 is 5.51. The van der Waals surface area contributed by atoms with E-state index in [9.17, 15) is 0 Å². The van der Waals surface area contributed by atoms with Crippen molar-refractivity contribution >= 4 is 8.32 Å². The molecule has 0 aliphatic carbocycles. The van der Waals surface area contributed by atoms with E-state index < -0.39 is 8.32 Å². The molecule has 0 amide bonds. The van der Waals surface area contributed by atoms with Crippen LogP contribution in [0, 0.1) is 0 Å². The molecule has 0 atom stereocenters. The van der Waals surface area contributed by atoms with E-state index in [0.717, 1.165) is 6.04 Å². The first kappa shape index (κ1) is 9.50. The highest BCUT2D eigenvalue weighted by molar-refractivity contribution is 6.71. The van der Waals surface area contributed by atoms with Crippen molar-refractivity contribution < 1.29 is 4.43 Å². The molecule has 0 saturated carbocycles. The van der Waals surface area contributed by atoms with Crippen molar-refractivity contribution in [2.45, 2.75) is 26.1 Å². The normalized spacial score (nSPS) is 11.9. The molecule has 0 radical (unpaired) electrons. The standard InChI is InChI=1S/C8H16OSi/c1-5-7-8-9-10(3,4)6-2/h5,7-8H,1,6H2,2-4H3/b8-7+. The van der Waals surface area contributed by atoms with Gasteiger partial charge in [-0.05, 0) is 25.2 Å². The molecule has 0 heterocycles. The fourth-order valence-electron chi connectivity index (χ4n) is 0.362. The monoisotopic (exact) mass is 156 g/mol. The van der Waals surface area contributed by atoms with Gasteiger partial charge in [0.15, 0.2) is 0 Å². The molecule has 0 aliphatic heterocycles. The number of rotatable bonds is 4. The van der Waals surface area contributed by atoms with Crippen LogP contribution in [0.25, 0.3) is 0 Å². The number of hydrogen-bond acceptors (Lipinski definition) is 1. The summed E-state index contributed by atoms with van der Waals surface area (Å²) >= 11 is 0. The van der Waals surface area contributed by atoms with E-state index in [4.69, 9.17) is 4.43 Å². The summed E-state index contributed by atoms with van der Waals surface area (Å²) in [6.07, 6.45) is 5.28. The van der Waals surface area contributed by atoms with Gasteiger partial charge >= 0.3 is 0 Å². The number of allylic oxidation sites excluding steroid dienone is 2. The van der Waals surface area contributed by atoms with Gasteiger partial charge in [0, 0.05) is 0 Å². The Morgan fingerprint density at radius 1 is 1.50 bits per heavy atom. The molecule has 0 saturated heterocycles. The van der Waals surface area contributed by atoms with Crippen LogP contribution in [0.2, 0.25) is 19.1 Å². The van der Waals surface area contributed by atoms with E-state index in [2.05, 4.69) is 26.6 Å². The Kier molecular flexibility index (Phi) is 4.12. The minimum absolute atomic E-state index is 1.15. The molecule has 0 fully saturated rings. The first-order valence-electron chi connectivity index (χ1n) is 3.58. The van der Waals surface area contributed by atoms with Gasteiger partial charge in [0.05, 0.1) is 6.26 Å². The van der Waals surface area contributed by atoms with E-state index in [1.807, 2.05) is 6.08 Å². The van der Waals surface area contributed by atoms with Crippen LogP contribution in [0.4, 0.5) is 0 Å². The van der Waals surface area contributed by atoms with Gasteiger partial charge in [-0.2, -0.15) is 0 Å². The summed E-state index contributed by atoms with van der Waals surface area (Å²) in [6.45, 7) is 10.1. The molecule has 0 aromatic carbocycles. The summed E-state index contributed by atoms with van der Waals surface area (Å²) in [5.41, 5.74) is 0. The van der Waals surface area contributed by atoms with E-state index in [1.54, 1.807) is 12.3 Å². The van der Waals surface area contributed by atoms with Crippen molar-refractivity contribution in [3.05, 3.63) is 25.0 Å². The first-order chi connectivity index (χ1) is 4.62. The van der Waals surface area contributed by atoms with Crippen LogP contribution in [0.3, 0.4) is 0 Å². The average Bonchev–Trinajstić information content (AvgIpc) is 1.89. The molecular formula is C8H16OSi. The third-order valence-corrected chi connectivity index (χ3v) is 3.93. The van der Waals surface area contributed by atoms with Crippen LogP contribution >= 0.6 is 0 Å². The largest absolute Gasteiger partial charge is 0.549 e. The van der Waals surface area contributed by atoms with Gasteiger partial charge in [0.2, 0.25) is 8.32 Å². The Hall–Kier alpha value is -0.503. The molecule has 2 heteroatoms. The number of hydrogen-bond donors (Lipinski definition) is 0. The van der Waals surface area contributed by atoms with E-state index in [1.165, 1.54) is 0 Å². The fraction of sp³-hybridized carbons (Fsp3) is 0.500. The zero-order chi connectivity index (χ0) is 8.04. The highest BCUT2D eigenvalue weighted by Crippen LogP contribution is 2.09. The summed E-state index contributed by atoms with van der Waals surface area (Å²) in [5, 5.41) is 0. The van der Waals surface area contributed by atoms with Crippen molar-refractivity contribution in [1.29, 1.82) is 0 Å². The SMILES string of the molecule is C=C/C=C/O[Si](C)(C)CC.